The van der Waals surface area contributed by atoms with Crippen molar-refractivity contribution in [2.24, 2.45) is 35.5 Å². The highest BCUT2D eigenvalue weighted by Gasteiger charge is 2.39. The molecule has 3 aliphatic rings. The van der Waals surface area contributed by atoms with Gasteiger partial charge in [-0.05, 0) is 106 Å². The fraction of sp³-hybridized carbons (Fsp3) is 0.692. The smallest absolute Gasteiger partial charge is 0.314 e. The zero-order valence-corrected chi connectivity index (χ0v) is 18.1. The molecule has 4 unspecified atom stereocenters. The first-order chi connectivity index (χ1) is 14.6. The molecule has 0 saturated heterocycles. The number of halogens is 1. The van der Waals surface area contributed by atoms with Gasteiger partial charge in [0, 0.05) is 0 Å². The van der Waals surface area contributed by atoms with Gasteiger partial charge in [-0.2, -0.15) is 5.26 Å². The molecule has 0 heterocycles. The Bertz CT molecular complexity index is 793. The van der Waals surface area contributed by atoms with Crippen molar-refractivity contribution >= 4 is 5.97 Å². The van der Waals surface area contributed by atoms with Gasteiger partial charge in [-0.25, -0.2) is 4.39 Å². The number of ether oxygens (including phenoxy) is 1. The Morgan fingerprint density at radius 3 is 2.30 bits per heavy atom. The minimum Gasteiger partial charge on any atom is -0.423 e. The number of carbonyl (C=O) groups excluding carboxylic acids is 1. The predicted molar refractivity (Wildman–Crippen MR) is 114 cm³/mol. The van der Waals surface area contributed by atoms with Gasteiger partial charge < -0.3 is 4.74 Å². The van der Waals surface area contributed by atoms with Gasteiger partial charge in [0.05, 0.1) is 17.6 Å². The van der Waals surface area contributed by atoms with E-state index in [1.807, 2.05) is 6.07 Å². The van der Waals surface area contributed by atoms with Crippen LogP contribution in [0.4, 0.5) is 4.39 Å². The standard InChI is InChI=1S/C26H34FNO2/c1-2-17-3-5-23-15-22(11-10-21(23)13-17)19-6-8-20(9-7-19)26(29)30-25-12-4-18(16-28)14-24(25)27/h4,12,14,17,19-23H,2-3,5-11,13,15H2,1H3. The van der Waals surface area contributed by atoms with Crippen LogP contribution < -0.4 is 4.74 Å². The molecule has 162 valence electrons. The Hall–Kier alpha value is -1.89. The van der Waals surface area contributed by atoms with Crippen LogP contribution in [-0.4, -0.2) is 5.97 Å². The van der Waals surface area contributed by atoms with Crippen LogP contribution >= 0.6 is 0 Å². The second-order valence-electron chi connectivity index (χ2n) is 9.97. The molecule has 3 saturated carbocycles. The van der Waals surface area contributed by atoms with E-state index in [9.17, 15) is 9.18 Å². The van der Waals surface area contributed by atoms with E-state index < -0.39 is 5.82 Å². The molecule has 3 nitrogen and oxygen atoms in total. The van der Waals surface area contributed by atoms with Gasteiger partial charge in [0.2, 0.25) is 0 Å². The lowest BCUT2D eigenvalue weighted by atomic mass is 9.61. The van der Waals surface area contributed by atoms with Crippen molar-refractivity contribution in [2.75, 3.05) is 0 Å². The SMILES string of the molecule is CCC1CCC2CC(C3CCC(C(=O)Oc4ccc(C#N)cc4F)CC3)CCC2C1. The highest BCUT2D eigenvalue weighted by molar-refractivity contribution is 5.75. The van der Waals surface area contributed by atoms with Crippen molar-refractivity contribution in [3.63, 3.8) is 0 Å². The largest absolute Gasteiger partial charge is 0.423 e. The molecule has 3 fully saturated rings. The van der Waals surface area contributed by atoms with Gasteiger partial charge in [-0.15, -0.1) is 0 Å². The molecule has 4 rings (SSSR count). The minimum atomic E-state index is -0.648. The molecule has 0 bridgehead atoms. The fourth-order valence-corrected chi connectivity index (χ4v) is 6.49. The molecule has 4 heteroatoms. The van der Waals surface area contributed by atoms with E-state index in [-0.39, 0.29) is 23.2 Å². The fourth-order valence-electron chi connectivity index (χ4n) is 6.49. The second-order valence-corrected chi connectivity index (χ2v) is 9.97. The molecule has 0 amide bonds. The zero-order valence-electron chi connectivity index (χ0n) is 18.1. The lowest BCUT2D eigenvalue weighted by molar-refractivity contribution is -0.140. The van der Waals surface area contributed by atoms with Crippen molar-refractivity contribution in [1.82, 2.24) is 0 Å². The van der Waals surface area contributed by atoms with E-state index in [4.69, 9.17) is 10.00 Å². The number of hydrogen-bond donors (Lipinski definition) is 0. The van der Waals surface area contributed by atoms with Crippen LogP contribution in [0, 0.1) is 52.7 Å². The first-order valence-electron chi connectivity index (χ1n) is 12.0. The van der Waals surface area contributed by atoms with Gasteiger partial charge >= 0.3 is 5.97 Å². The Morgan fingerprint density at radius 2 is 1.63 bits per heavy atom. The number of esters is 1. The molecule has 0 aliphatic heterocycles. The van der Waals surface area contributed by atoms with Crippen LogP contribution in [0.5, 0.6) is 5.75 Å². The van der Waals surface area contributed by atoms with Crippen molar-refractivity contribution in [3.05, 3.63) is 29.6 Å². The predicted octanol–water partition coefficient (Wildman–Crippen LogP) is 6.65. The average Bonchev–Trinajstić information content (AvgIpc) is 2.79. The van der Waals surface area contributed by atoms with Gasteiger partial charge in [0.25, 0.3) is 0 Å². The van der Waals surface area contributed by atoms with Gasteiger partial charge in [-0.1, -0.05) is 19.8 Å². The molecular weight excluding hydrogens is 377 g/mol. The van der Waals surface area contributed by atoms with E-state index in [1.165, 1.54) is 57.1 Å². The number of nitriles is 1. The Kier molecular flexibility index (Phi) is 6.76. The number of carbonyl (C=O) groups is 1. The van der Waals surface area contributed by atoms with Crippen molar-refractivity contribution in [2.45, 2.75) is 77.6 Å². The van der Waals surface area contributed by atoms with Crippen molar-refractivity contribution in [3.8, 4) is 11.8 Å². The quantitative estimate of drug-likeness (QED) is 0.411. The monoisotopic (exact) mass is 411 g/mol. The molecule has 0 radical (unpaired) electrons. The first-order valence-corrected chi connectivity index (χ1v) is 12.0. The summed E-state index contributed by atoms with van der Waals surface area (Å²) in [6.07, 6.45) is 13.7. The van der Waals surface area contributed by atoms with Crippen molar-refractivity contribution < 1.29 is 13.9 Å². The molecule has 0 aromatic heterocycles. The molecule has 1 aromatic carbocycles. The molecule has 0 spiro atoms. The van der Waals surface area contributed by atoms with Gasteiger partial charge in [0.1, 0.15) is 0 Å². The summed E-state index contributed by atoms with van der Waals surface area (Å²) in [5.41, 5.74) is 0.228. The summed E-state index contributed by atoms with van der Waals surface area (Å²) in [5, 5.41) is 8.83. The van der Waals surface area contributed by atoms with Crippen molar-refractivity contribution in [1.29, 1.82) is 5.26 Å². The maximum Gasteiger partial charge on any atom is 0.314 e. The maximum absolute atomic E-state index is 14.0. The van der Waals surface area contributed by atoms with E-state index in [2.05, 4.69) is 6.92 Å². The van der Waals surface area contributed by atoms with E-state index in [1.54, 1.807) is 0 Å². The molecule has 4 atom stereocenters. The van der Waals surface area contributed by atoms with Gasteiger partial charge in [-0.3, -0.25) is 4.79 Å². The highest BCUT2D eigenvalue weighted by atomic mass is 19.1. The second kappa shape index (κ2) is 9.50. The van der Waals surface area contributed by atoms with Crippen LogP contribution in [0.3, 0.4) is 0 Å². The zero-order chi connectivity index (χ0) is 21.1. The Morgan fingerprint density at radius 1 is 1.00 bits per heavy atom. The summed E-state index contributed by atoms with van der Waals surface area (Å²) >= 11 is 0. The molecule has 0 N–H and O–H groups in total. The van der Waals surface area contributed by atoms with Gasteiger partial charge in [0.15, 0.2) is 11.6 Å². The topological polar surface area (TPSA) is 50.1 Å². The number of fused-ring (bicyclic) bond motifs is 1. The third kappa shape index (κ3) is 4.71. The Labute approximate surface area is 180 Å². The van der Waals surface area contributed by atoms with E-state index in [0.717, 1.165) is 61.3 Å². The maximum atomic E-state index is 14.0. The molecular formula is C26H34FNO2. The molecule has 30 heavy (non-hydrogen) atoms. The summed E-state index contributed by atoms with van der Waals surface area (Å²) in [5.74, 6) is 3.27. The summed E-state index contributed by atoms with van der Waals surface area (Å²) in [7, 11) is 0. The first kappa shape index (κ1) is 21.3. The summed E-state index contributed by atoms with van der Waals surface area (Å²) in [6, 6.07) is 5.86. The van der Waals surface area contributed by atoms with E-state index in [0.29, 0.717) is 0 Å². The number of nitrogens with zero attached hydrogens (tertiary/aromatic N) is 1. The lowest BCUT2D eigenvalue weighted by Crippen LogP contribution is -2.35. The number of benzene rings is 1. The normalized spacial score (nSPS) is 33.9. The highest BCUT2D eigenvalue weighted by Crippen LogP contribution is 2.49. The third-order valence-corrected chi connectivity index (χ3v) is 8.38. The van der Waals surface area contributed by atoms with Crippen LogP contribution in [0.2, 0.25) is 0 Å². The summed E-state index contributed by atoms with van der Waals surface area (Å²) in [6.45, 7) is 2.34. The van der Waals surface area contributed by atoms with Crippen LogP contribution in [0.15, 0.2) is 18.2 Å². The summed E-state index contributed by atoms with van der Waals surface area (Å²) < 4.78 is 19.4. The summed E-state index contributed by atoms with van der Waals surface area (Å²) in [4.78, 5) is 12.6. The third-order valence-electron chi connectivity index (χ3n) is 8.38. The number of rotatable bonds is 4. The van der Waals surface area contributed by atoms with E-state index >= 15 is 0 Å². The molecule has 1 aromatic rings. The number of hydrogen-bond acceptors (Lipinski definition) is 3. The Balaban J connectivity index is 1.26. The average molecular weight is 412 g/mol. The molecule has 3 aliphatic carbocycles. The minimum absolute atomic E-state index is 0.0675. The van der Waals surface area contributed by atoms with Crippen LogP contribution in [0.25, 0.3) is 0 Å². The van der Waals surface area contributed by atoms with Crippen LogP contribution in [-0.2, 0) is 4.79 Å². The lowest BCUT2D eigenvalue weighted by Gasteiger charge is -2.45. The van der Waals surface area contributed by atoms with Crippen LogP contribution in [0.1, 0.15) is 83.1 Å².